The minimum atomic E-state index is -0.0494. The summed E-state index contributed by atoms with van der Waals surface area (Å²) >= 11 is 6.76. The van der Waals surface area contributed by atoms with Crippen LogP contribution >= 0.6 is 24.0 Å². The van der Waals surface area contributed by atoms with Crippen LogP contribution in [-0.2, 0) is 4.79 Å². The summed E-state index contributed by atoms with van der Waals surface area (Å²) in [5.41, 5.74) is 1.97. The predicted molar refractivity (Wildman–Crippen MR) is 102 cm³/mol. The van der Waals surface area contributed by atoms with Gasteiger partial charge in [0.05, 0.1) is 17.2 Å². The van der Waals surface area contributed by atoms with E-state index in [2.05, 4.69) is 9.80 Å². The lowest BCUT2D eigenvalue weighted by molar-refractivity contribution is -0.113. The number of aryl methyl sites for hydroxylation is 1. The van der Waals surface area contributed by atoms with Gasteiger partial charge in [-0.05, 0) is 19.1 Å². The van der Waals surface area contributed by atoms with Gasteiger partial charge in [0.2, 0.25) is 0 Å². The van der Waals surface area contributed by atoms with Crippen molar-refractivity contribution in [3.8, 4) is 0 Å². The number of β-amino-alcohol motifs (C(OH)–C–C–N with tert-alkyl or cyclic N) is 1. The number of benzene rings is 1. The van der Waals surface area contributed by atoms with Gasteiger partial charge in [-0.2, -0.15) is 0 Å². The normalized spacial score (nSPS) is 21.2. The first-order chi connectivity index (χ1) is 11.6. The third-order valence-electron chi connectivity index (χ3n) is 4.21. The Morgan fingerprint density at radius 3 is 2.50 bits per heavy atom. The highest BCUT2D eigenvalue weighted by atomic mass is 32.2. The molecule has 1 aromatic carbocycles. The van der Waals surface area contributed by atoms with E-state index in [0.29, 0.717) is 15.8 Å². The van der Waals surface area contributed by atoms with E-state index in [9.17, 15) is 4.79 Å². The molecular formula is C17H21N3O2S2. The number of anilines is 1. The molecule has 1 aromatic rings. The number of thiocarbonyl (C=S) groups is 1. The molecule has 0 aromatic heterocycles. The molecule has 5 nitrogen and oxygen atoms in total. The highest BCUT2D eigenvalue weighted by Gasteiger charge is 2.34. The molecule has 0 bridgehead atoms. The number of aliphatic hydroxyl groups excluding tert-OH is 1. The quantitative estimate of drug-likeness (QED) is 0.650. The first-order valence-corrected chi connectivity index (χ1v) is 9.23. The smallest absolute Gasteiger partial charge is 0.272 e. The van der Waals surface area contributed by atoms with E-state index in [0.717, 1.165) is 37.4 Å². The summed E-state index contributed by atoms with van der Waals surface area (Å²) in [4.78, 5) is 19.4. The number of rotatable bonds is 4. The van der Waals surface area contributed by atoms with Gasteiger partial charge in [-0.3, -0.25) is 14.6 Å². The minimum Gasteiger partial charge on any atom is -0.395 e. The maximum Gasteiger partial charge on any atom is 0.272 e. The summed E-state index contributed by atoms with van der Waals surface area (Å²) in [5.74, 6) is -0.0494. The van der Waals surface area contributed by atoms with Crippen LogP contribution in [0.1, 0.15) is 5.56 Å². The van der Waals surface area contributed by atoms with Crippen LogP contribution in [0.3, 0.4) is 0 Å². The van der Waals surface area contributed by atoms with Crippen molar-refractivity contribution in [3.05, 3.63) is 40.9 Å². The van der Waals surface area contributed by atoms with Crippen molar-refractivity contribution in [3.63, 3.8) is 0 Å². The van der Waals surface area contributed by atoms with E-state index < -0.39 is 0 Å². The number of nitrogens with zero attached hydrogens (tertiary/aromatic N) is 3. The second-order valence-electron chi connectivity index (χ2n) is 5.94. The van der Waals surface area contributed by atoms with Crippen molar-refractivity contribution in [1.29, 1.82) is 0 Å². The van der Waals surface area contributed by atoms with E-state index in [1.807, 2.05) is 37.4 Å². The van der Waals surface area contributed by atoms with Crippen molar-refractivity contribution in [2.24, 2.45) is 0 Å². The van der Waals surface area contributed by atoms with Gasteiger partial charge in [0.25, 0.3) is 5.91 Å². The highest BCUT2D eigenvalue weighted by molar-refractivity contribution is 8.27. The summed E-state index contributed by atoms with van der Waals surface area (Å²) in [6.07, 6.45) is 1.93. The van der Waals surface area contributed by atoms with Crippen LogP contribution in [0.4, 0.5) is 5.69 Å². The van der Waals surface area contributed by atoms with E-state index in [-0.39, 0.29) is 12.5 Å². The van der Waals surface area contributed by atoms with Gasteiger partial charge in [0.15, 0.2) is 4.32 Å². The molecule has 0 spiro atoms. The number of amides is 1. The molecule has 0 radical (unpaired) electrons. The fraction of sp³-hybridized carbons (Fsp3) is 0.412. The van der Waals surface area contributed by atoms with Crippen LogP contribution < -0.4 is 4.90 Å². The van der Waals surface area contributed by atoms with E-state index in [1.54, 1.807) is 4.90 Å². The number of hydrogen-bond donors (Lipinski definition) is 1. The van der Waals surface area contributed by atoms with Gasteiger partial charge in [-0.25, -0.2) is 0 Å². The molecule has 2 aliphatic heterocycles. The van der Waals surface area contributed by atoms with Crippen LogP contribution in [0.15, 0.2) is 35.4 Å². The summed E-state index contributed by atoms with van der Waals surface area (Å²) in [7, 11) is 0. The summed E-state index contributed by atoms with van der Waals surface area (Å²) in [6.45, 7) is 6.43. The van der Waals surface area contributed by atoms with Crippen LogP contribution in [0, 0.1) is 6.92 Å². The summed E-state index contributed by atoms with van der Waals surface area (Å²) in [6, 6.07) is 7.82. The SMILES string of the molecule is Cc1ccc(N2C(=O)/C(=C/N3CCN(CCO)CC3)SC2=S)cc1. The van der Waals surface area contributed by atoms with Crippen LogP contribution in [-0.4, -0.2) is 64.5 Å². The topological polar surface area (TPSA) is 47.0 Å². The molecular weight excluding hydrogens is 342 g/mol. The van der Waals surface area contributed by atoms with Crippen LogP contribution in [0.2, 0.25) is 0 Å². The third-order valence-corrected chi connectivity index (χ3v) is 5.50. The number of carbonyl (C=O) groups excluding carboxylic acids is 1. The zero-order valence-electron chi connectivity index (χ0n) is 13.6. The van der Waals surface area contributed by atoms with E-state index >= 15 is 0 Å². The maximum atomic E-state index is 12.7. The van der Waals surface area contributed by atoms with Crippen molar-refractivity contribution < 1.29 is 9.90 Å². The Balaban J connectivity index is 1.69. The molecule has 2 heterocycles. The monoisotopic (exact) mass is 363 g/mol. The zero-order valence-corrected chi connectivity index (χ0v) is 15.3. The number of piperazine rings is 1. The van der Waals surface area contributed by atoms with Crippen molar-refractivity contribution in [2.75, 3.05) is 44.2 Å². The molecule has 0 unspecified atom stereocenters. The van der Waals surface area contributed by atoms with Crippen LogP contribution in [0.5, 0.6) is 0 Å². The molecule has 0 aliphatic carbocycles. The van der Waals surface area contributed by atoms with E-state index in [4.69, 9.17) is 17.3 Å². The van der Waals surface area contributed by atoms with Crippen LogP contribution in [0.25, 0.3) is 0 Å². The van der Waals surface area contributed by atoms with E-state index in [1.165, 1.54) is 11.8 Å². The first kappa shape index (κ1) is 17.4. The first-order valence-electron chi connectivity index (χ1n) is 8.00. The second-order valence-corrected chi connectivity index (χ2v) is 7.61. The molecule has 24 heavy (non-hydrogen) atoms. The second kappa shape index (κ2) is 7.65. The lowest BCUT2D eigenvalue weighted by atomic mass is 10.2. The molecule has 0 saturated carbocycles. The lowest BCUT2D eigenvalue weighted by Gasteiger charge is -2.33. The molecule has 0 atom stereocenters. The molecule has 128 valence electrons. The Morgan fingerprint density at radius 2 is 1.88 bits per heavy atom. The average Bonchev–Trinajstić information content (AvgIpc) is 2.85. The van der Waals surface area contributed by atoms with Gasteiger partial charge in [0, 0.05) is 38.9 Å². The van der Waals surface area contributed by atoms with Gasteiger partial charge in [0.1, 0.15) is 0 Å². The molecule has 1 N–H and O–H groups in total. The Hall–Kier alpha value is -1.41. The molecule has 2 aliphatic rings. The average molecular weight is 364 g/mol. The molecule has 2 fully saturated rings. The fourth-order valence-electron chi connectivity index (χ4n) is 2.80. The number of carbonyl (C=O) groups is 1. The van der Waals surface area contributed by atoms with Gasteiger partial charge in [-0.1, -0.05) is 41.7 Å². The molecule has 2 saturated heterocycles. The Morgan fingerprint density at radius 1 is 1.21 bits per heavy atom. The Bertz CT molecular complexity index is 652. The Kier molecular flexibility index (Phi) is 5.55. The molecule has 1 amide bonds. The summed E-state index contributed by atoms with van der Waals surface area (Å²) < 4.78 is 0.578. The lowest BCUT2D eigenvalue weighted by Crippen LogP contribution is -2.45. The van der Waals surface area contributed by atoms with Crippen molar-refractivity contribution in [2.45, 2.75) is 6.92 Å². The predicted octanol–water partition coefficient (Wildman–Crippen LogP) is 1.81. The maximum absolute atomic E-state index is 12.7. The molecule has 7 heteroatoms. The molecule has 3 rings (SSSR count). The highest BCUT2D eigenvalue weighted by Crippen LogP contribution is 2.35. The standard InChI is InChI=1S/C17H21N3O2S2/c1-13-2-4-14(5-3-13)20-16(22)15(24-17(20)23)12-19-8-6-18(7-9-19)10-11-21/h2-5,12,21H,6-11H2,1H3/b15-12-. The number of thioether (sulfide) groups is 1. The van der Waals surface area contributed by atoms with Gasteiger partial charge >= 0.3 is 0 Å². The van der Waals surface area contributed by atoms with Crippen molar-refractivity contribution in [1.82, 2.24) is 9.80 Å². The zero-order chi connectivity index (χ0) is 17.1. The van der Waals surface area contributed by atoms with Gasteiger partial charge in [-0.15, -0.1) is 0 Å². The largest absolute Gasteiger partial charge is 0.395 e. The summed E-state index contributed by atoms with van der Waals surface area (Å²) in [5, 5.41) is 9.00. The number of hydrogen-bond acceptors (Lipinski definition) is 6. The minimum absolute atomic E-state index is 0.0494. The fourth-order valence-corrected chi connectivity index (χ4v) is 4.10. The van der Waals surface area contributed by atoms with Crippen molar-refractivity contribution >= 4 is 39.9 Å². The number of aliphatic hydroxyl groups is 1. The van der Waals surface area contributed by atoms with Gasteiger partial charge < -0.3 is 10.0 Å². The Labute approximate surface area is 151 Å². The third kappa shape index (κ3) is 3.80.